The van der Waals surface area contributed by atoms with E-state index in [1.165, 1.54) is 0 Å². The topological polar surface area (TPSA) is 46.9 Å². The van der Waals surface area contributed by atoms with Gasteiger partial charge in [-0.3, -0.25) is 4.79 Å². The molecule has 23 heavy (non-hydrogen) atoms. The van der Waals surface area contributed by atoms with Gasteiger partial charge in [-0.15, -0.1) is 6.58 Å². The first-order valence-corrected chi connectivity index (χ1v) is 7.66. The molecule has 5 heteroatoms. The lowest BCUT2D eigenvalue weighted by Crippen LogP contribution is -2.25. The number of rotatable bonds is 5. The molecule has 0 spiro atoms. The molecule has 0 saturated carbocycles. The van der Waals surface area contributed by atoms with Crippen LogP contribution in [-0.2, 0) is 13.1 Å². The number of aromatic nitrogens is 2. The fourth-order valence-electron chi connectivity index (χ4n) is 2.49. The molecule has 3 rings (SSSR count). The van der Waals surface area contributed by atoms with Gasteiger partial charge >= 0.3 is 0 Å². The average Bonchev–Trinajstić information content (AvgIpc) is 2.91. The Hall–Kier alpha value is -2.59. The van der Waals surface area contributed by atoms with E-state index in [1.807, 2.05) is 34.9 Å². The molecule has 0 aliphatic rings. The van der Waals surface area contributed by atoms with Crippen LogP contribution in [0.2, 0.25) is 5.02 Å². The monoisotopic (exact) mass is 325 g/mol. The molecule has 4 nitrogen and oxygen atoms in total. The second-order valence-corrected chi connectivity index (χ2v) is 5.49. The molecule has 0 unspecified atom stereocenters. The fraction of sp³-hybridized carbons (Fsp3) is 0.111. The number of carbonyl (C=O) groups is 1. The highest BCUT2D eigenvalue weighted by molar-refractivity contribution is 6.33. The minimum Gasteiger partial charge on any atom is -0.345 e. The minimum absolute atomic E-state index is 0.215. The van der Waals surface area contributed by atoms with Crippen LogP contribution in [0.5, 0.6) is 0 Å². The van der Waals surface area contributed by atoms with Crippen molar-refractivity contribution in [1.82, 2.24) is 14.9 Å². The van der Waals surface area contributed by atoms with Crippen LogP contribution in [0.1, 0.15) is 16.2 Å². The summed E-state index contributed by atoms with van der Waals surface area (Å²) in [5, 5.41) is 3.31. The summed E-state index contributed by atoms with van der Waals surface area (Å²) in [6.07, 6.45) is 1.81. The Kier molecular flexibility index (Phi) is 4.44. The van der Waals surface area contributed by atoms with E-state index in [2.05, 4.69) is 16.9 Å². The summed E-state index contributed by atoms with van der Waals surface area (Å²) in [7, 11) is 0. The number of fused-ring (bicyclic) bond motifs is 1. The smallest absolute Gasteiger partial charge is 0.253 e. The number of nitrogens with one attached hydrogen (secondary N) is 1. The second kappa shape index (κ2) is 6.67. The first-order valence-electron chi connectivity index (χ1n) is 7.28. The van der Waals surface area contributed by atoms with E-state index in [1.54, 1.807) is 24.3 Å². The van der Waals surface area contributed by atoms with Crippen molar-refractivity contribution in [1.29, 1.82) is 0 Å². The third-order valence-electron chi connectivity index (χ3n) is 3.57. The van der Waals surface area contributed by atoms with Crippen molar-refractivity contribution < 1.29 is 4.79 Å². The van der Waals surface area contributed by atoms with Crippen molar-refractivity contribution >= 4 is 28.5 Å². The van der Waals surface area contributed by atoms with Crippen molar-refractivity contribution in [2.45, 2.75) is 13.1 Å². The molecule has 0 radical (unpaired) electrons. The highest BCUT2D eigenvalue weighted by Gasteiger charge is 2.13. The molecule has 116 valence electrons. The molecule has 0 aliphatic heterocycles. The van der Waals surface area contributed by atoms with E-state index >= 15 is 0 Å². The summed E-state index contributed by atoms with van der Waals surface area (Å²) >= 11 is 6.05. The largest absolute Gasteiger partial charge is 0.345 e. The summed E-state index contributed by atoms with van der Waals surface area (Å²) in [4.78, 5) is 16.9. The Morgan fingerprint density at radius 2 is 1.96 bits per heavy atom. The van der Waals surface area contributed by atoms with Crippen molar-refractivity contribution in [2.75, 3.05) is 0 Å². The van der Waals surface area contributed by atoms with Crippen LogP contribution in [0, 0.1) is 0 Å². The third-order valence-corrected chi connectivity index (χ3v) is 3.90. The Bertz CT molecular complexity index is 870. The van der Waals surface area contributed by atoms with E-state index in [0.29, 0.717) is 23.7 Å². The predicted molar refractivity (Wildman–Crippen MR) is 92.6 cm³/mol. The van der Waals surface area contributed by atoms with E-state index in [-0.39, 0.29) is 5.91 Å². The first-order chi connectivity index (χ1) is 11.2. The summed E-state index contributed by atoms with van der Waals surface area (Å²) in [6.45, 7) is 4.75. The normalized spacial score (nSPS) is 10.7. The molecule has 0 bridgehead atoms. The molecule has 0 fully saturated rings. The number of hydrogen-bond donors (Lipinski definition) is 1. The zero-order valence-corrected chi connectivity index (χ0v) is 13.3. The summed E-state index contributed by atoms with van der Waals surface area (Å²) in [5.41, 5.74) is 2.38. The number of nitrogens with zero attached hydrogens (tertiary/aromatic N) is 2. The van der Waals surface area contributed by atoms with Crippen molar-refractivity contribution in [3.63, 3.8) is 0 Å². The van der Waals surface area contributed by atoms with Gasteiger partial charge in [-0.1, -0.05) is 41.9 Å². The summed E-state index contributed by atoms with van der Waals surface area (Å²) in [5.74, 6) is 0.569. The molecule has 0 aliphatic carbocycles. The second-order valence-electron chi connectivity index (χ2n) is 5.08. The van der Waals surface area contributed by atoms with Gasteiger partial charge in [0.2, 0.25) is 0 Å². The van der Waals surface area contributed by atoms with E-state index in [0.717, 1.165) is 16.9 Å². The van der Waals surface area contributed by atoms with Gasteiger partial charge < -0.3 is 9.88 Å². The molecular formula is C18H16ClN3O. The number of allylic oxidation sites excluding steroid dienone is 1. The van der Waals surface area contributed by atoms with Crippen molar-refractivity contribution in [3.05, 3.63) is 77.6 Å². The lowest BCUT2D eigenvalue weighted by Gasteiger charge is -2.09. The Balaban J connectivity index is 1.84. The Labute approximate surface area is 139 Å². The molecule has 1 heterocycles. The molecule has 3 aromatic rings. The number of hydrogen-bond acceptors (Lipinski definition) is 2. The van der Waals surface area contributed by atoms with Crippen LogP contribution in [-0.4, -0.2) is 15.5 Å². The number of amides is 1. The quantitative estimate of drug-likeness (QED) is 0.725. The van der Waals surface area contributed by atoms with Crippen molar-refractivity contribution in [2.24, 2.45) is 0 Å². The number of para-hydroxylation sites is 2. The fourth-order valence-corrected chi connectivity index (χ4v) is 2.71. The Morgan fingerprint density at radius 1 is 1.22 bits per heavy atom. The molecule has 0 atom stereocenters. The molecule has 2 aromatic carbocycles. The van der Waals surface area contributed by atoms with Gasteiger partial charge in [-0.05, 0) is 24.3 Å². The van der Waals surface area contributed by atoms with Gasteiger partial charge in [0.15, 0.2) is 0 Å². The van der Waals surface area contributed by atoms with Crippen LogP contribution >= 0.6 is 11.6 Å². The van der Waals surface area contributed by atoms with Gasteiger partial charge in [-0.25, -0.2) is 4.98 Å². The number of imidazole rings is 1. The van der Waals surface area contributed by atoms with E-state index in [4.69, 9.17) is 11.6 Å². The summed E-state index contributed by atoms with van der Waals surface area (Å²) in [6, 6.07) is 14.8. The Morgan fingerprint density at radius 3 is 2.74 bits per heavy atom. The standard InChI is InChI=1S/C18H16ClN3O/c1-2-11-22-16-10-6-5-9-15(16)21-17(22)12-20-18(23)13-7-3-4-8-14(13)19/h2-10H,1,11-12H2,(H,20,23). The molecule has 1 N–H and O–H groups in total. The van der Waals surface area contributed by atoms with E-state index in [9.17, 15) is 4.79 Å². The van der Waals surface area contributed by atoms with Gasteiger partial charge in [0.05, 0.1) is 28.2 Å². The molecular weight excluding hydrogens is 310 g/mol. The van der Waals surface area contributed by atoms with Crippen molar-refractivity contribution in [3.8, 4) is 0 Å². The van der Waals surface area contributed by atoms with Gasteiger partial charge in [0, 0.05) is 6.54 Å². The van der Waals surface area contributed by atoms with Crippen LogP contribution in [0.4, 0.5) is 0 Å². The predicted octanol–water partition coefficient (Wildman–Crippen LogP) is 3.81. The van der Waals surface area contributed by atoms with Gasteiger partial charge in [0.25, 0.3) is 5.91 Å². The third kappa shape index (κ3) is 3.12. The minimum atomic E-state index is -0.215. The van der Waals surface area contributed by atoms with Crippen LogP contribution in [0.3, 0.4) is 0 Å². The highest BCUT2D eigenvalue weighted by Crippen LogP contribution is 2.17. The zero-order chi connectivity index (χ0) is 16.2. The number of carbonyl (C=O) groups excluding carboxylic acids is 1. The number of benzene rings is 2. The highest BCUT2D eigenvalue weighted by atomic mass is 35.5. The maximum absolute atomic E-state index is 12.3. The van der Waals surface area contributed by atoms with Gasteiger partial charge in [-0.2, -0.15) is 0 Å². The van der Waals surface area contributed by atoms with Gasteiger partial charge in [0.1, 0.15) is 5.82 Å². The first kappa shape index (κ1) is 15.3. The molecule has 1 aromatic heterocycles. The number of halogens is 1. The van der Waals surface area contributed by atoms with E-state index < -0.39 is 0 Å². The maximum Gasteiger partial charge on any atom is 0.253 e. The van der Waals surface area contributed by atoms with Crippen LogP contribution in [0.25, 0.3) is 11.0 Å². The zero-order valence-electron chi connectivity index (χ0n) is 12.5. The van der Waals surface area contributed by atoms with Crippen LogP contribution in [0.15, 0.2) is 61.2 Å². The maximum atomic E-state index is 12.3. The molecule has 1 amide bonds. The SMILES string of the molecule is C=CCn1c(CNC(=O)c2ccccc2Cl)nc2ccccc21. The average molecular weight is 326 g/mol. The summed E-state index contributed by atoms with van der Waals surface area (Å²) < 4.78 is 2.04. The van der Waals surface area contributed by atoms with Crippen LogP contribution < -0.4 is 5.32 Å². The molecule has 0 saturated heterocycles. The lowest BCUT2D eigenvalue weighted by atomic mass is 10.2. The lowest BCUT2D eigenvalue weighted by molar-refractivity contribution is 0.0949.